The topological polar surface area (TPSA) is 67.9 Å². The fourth-order valence-electron chi connectivity index (χ4n) is 4.17. The van der Waals surface area contributed by atoms with Crippen molar-refractivity contribution in [1.29, 1.82) is 0 Å². The lowest BCUT2D eigenvalue weighted by Gasteiger charge is -2.39. The minimum atomic E-state index is -0.359. The highest BCUT2D eigenvalue weighted by Crippen LogP contribution is 2.32. The highest BCUT2D eigenvalue weighted by atomic mass is 79.9. The second kappa shape index (κ2) is 11.8. The number of amides is 2. The molecule has 0 aliphatic carbocycles. The monoisotopic (exact) mass is 532 g/mol. The Morgan fingerprint density at radius 1 is 1.06 bits per heavy atom. The summed E-state index contributed by atoms with van der Waals surface area (Å²) >= 11 is 3.50. The summed E-state index contributed by atoms with van der Waals surface area (Å²) < 4.78 is 11.7. The zero-order valence-corrected chi connectivity index (χ0v) is 23.1. The lowest BCUT2D eigenvalue weighted by molar-refractivity contribution is 0.0284. The standard InChI is InChI=1S/C27H37BrN2O4/c1-9-23(27(5,6)7)30(26(32)20-15-17(2)14-18(3)16-20)29-25(31)21-10-11-22(28)24(19(21)4)34-13-12-33-8/h10-11,14-16,23H,9,12-13H2,1-8H3,(H,29,31)/t23-/m1/s1. The Morgan fingerprint density at radius 3 is 2.21 bits per heavy atom. The van der Waals surface area contributed by atoms with Crippen molar-refractivity contribution in [2.75, 3.05) is 20.3 Å². The minimum Gasteiger partial charge on any atom is -0.490 e. The van der Waals surface area contributed by atoms with E-state index in [2.05, 4.69) is 42.1 Å². The van der Waals surface area contributed by atoms with Gasteiger partial charge in [0.05, 0.1) is 17.1 Å². The third kappa shape index (κ3) is 6.83. The van der Waals surface area contributed by atoms with E-state index in [1.165, 1.54) is 5.01 Å². The van der Waals surface area contributed by atoms with Crippen LogP contribution in [-0.2, 0) is 4.74 Å². The number of rotatable bonds is 8. The smallest absolute Gasteiger partial charge is 0.272 e. The molecule has 0 unspecified atom stereocenters. The number of carbonyl (C=O) groups is 2. The lowest BCUT2D eigenvalue weighted by Crippen LogP contribution is -2.56. The molecule has 0 fully saturated rings. The predicted molar refractivity (Wildman–Crippen MR) is 139 cm³/mol. The number of hydrazine groups is 1. The van der Waals surface area contributed by atoms with Crippen molar-refractivity contribution in [3.05, 3.63) is 62.6 Å². The quantitative estimate of drug-likeness (QED) is 0.333. The molecule has 2 rings (SSSR count). The van der Waals surface area contributed by atoms with Crippen molar-refractivity contribution in [3.63, 3.8) is 0 Å². The molecule has 0 heterocycles. The summed E-state index contributed by atoms with van der Waals surface area (Å²) in [6.07, 6.45) is 0.686. The lowest BCUT2D eigenvalue weighted by atomic mass is 9.84. The Bertz CT molecular complexity index is 1010. The Balaban J connectivity index is 2.46. The van der Waals surface area contributed by atoms with Crippen LogP contribution in [0.4, 0.5) is 0 Å². The van der Waals surface area contributed by atoms with E-state index in [0.717, 1.165) is 15.6 Å². The van der Waals surface area contributed by atoms with E-state index in [0.29, 0.717) is 42.1 Å². The van der Waals surface area contributed by atoms with Gasteiger partial charge in [0, 0.05) is 23.8 Å². The number of hydrogen-bond donors (Lipinski definition) is 1. The SMILES string of the molecule is CC[C@@H](N(NC(=O)c1ccc(Br)c(OCCOC)c1C)C(=O)c1cc(C)cc(C)c1)C(C)(C)C. The van der Waals surface area contributed by atoms with Crippen molar-refractivity contribution < 1.29 is 19.1 Å². The number of hydrogen-bond acceptors (Lipinski definition) is 4. The number of benzene rings is 2. The maximum atomic E-state index is 13.7. The molecule has 0 bridgehead atoms. The molecule has 0 aliphatic heterocycles. The fourth-order valence-corrected chi connectivity index (χ4v) is 4.71. The van der Waals surface area contributed by atoms with Gasteiger partial charge in [0.25, 0.3) is 11.8 Å². The van der Waals surface area contributed by atoms with Crippen molar-refractivity contribution >= 4 is 27.7 Å². The van der Waals surface area contributed by atoms with Gasteiger partial charge in [-0.3, -0.25) is 15.0 Å². The van der Waals surface area contributed by atoms with E-state index in [-0.39, 0.29) is 23.3 Å². The maximum absolute atomic E-state index is 13.7. The predicted octanol–water partition coefficient (Wildman–Crippen LogP) is 6.01. The van der Waals surface area contributed by atoms with E-state index in [1.54, 1.807) is 19.2 Å². The first-order chi connectivity index (χ1) is 15.9. The Kier molecular flexibility index (Phi) is 9.71. The van der Waals surface area contributed by atoms with Crippen molar-refractivity contribution in [1.82, 2.24) is 10.4 Å². The van der Waals surface area contributed by atoms with Crippen LogP contribution >= 0.6 is 15.9 Å². The molecule has 7 heteroatoms. The largest absolute Gasteiger partial charge is 0.490 e. The molecule has 1 N–H and O–H groups in total. The van der Waals surface area contributed by atoms with Crippen molar-refractivity contribution in [2.45, 2.75) is 60.9 Å². The molecular weight excluding hydrogens is 496 g/mol. The summed E-state index contributed by atoms with van der Waals surface area (Å²) in [6.45, 7) is 14.8. The molecule has 0 saturated heterocycles. The second-order valence-electron chi connectivity index (χ2n) is 9.67. The van der Waals surface area contributed by atoms with E-state index in [4.69, 9.17) is 9.47 Å². The van der Waals surface area contributed by atoms with Crippen LogP contribution in [0.2, 0.25) is 0 Å². The van der Waals surface area contributed by atoms with Gasteiger partial charge in [-0.25, -0.2) is 5.01 Å². The maximum Gasteiger partial charge on any atom is 0.272 e. The molecule has 6 nitrogen and oxygen atoms in total. The summed E-state index contributed by atoms with van der Waals surface area (Å²) in [5, 5.41) is 1.50. The molecule has 2 amide bonds. The zero-order valence-electron chi connectivity index (χ0n) is 21.5. The molecule has 0 aromatic heterocycles. The minimum absolute atomic E-state index is 0.210. The molecule has 186 valence electrons. The van der Waals surface area contributed by atoms with Crippen LogP contribution in [0.3, 0.4) is 0 Å². The number of halogens is 1. The van der Waals surface area contributed by atoms with Gasteiger partial charge >= 0.3 is 0 Å². The molecule has 0 aliphatic rings. The number of methoxy groups -OCH3 is 1. The van der Waals surface area contributed by atoms with Crippen LogP contribution in [0, 0.1) is 26.2 Å². The molecule has 34 heavy (non-hydrogen) atoms. The van der Waals surface area contributed by atoms with Gasteiger partial charge in [-0.2, -0.15) is 0 Å². The van der Waals surface area contributed by atoms with E-state index < -0.39 is 0 Å². The van der Waals surface area contributed by atoms with Crippen LogP contribution in [0.5, 0.6) is 5.75 Å². The Hall–Kier alpha value is -2.38. The van der Waals surface area contributed by atoms with Gasteiger partial charge < -0.3 is 9.47 Å². The zero-order chi connectivity index (χ0) is 25.6. The van der Waals surface area contributed by atoms with Crippen LogP contribution in [-0.4, -0.2) is 43.2 Å². The van der Waals surface area contributed by atoms with Gasteiger partial charge in [-0.1, -0.05) is 44.9 Å². The summed E-state index contributed by atoms with van der Waals surface area (Å²) in [5.74, 6) is -0.00461. The van der Waals surface area contributed by atoms with Crippen molar-refractivity contribution in [3.8, 4) is 5.75 Å². The summed E-state index contributed by atoms with van der Waals surface area (Å²) in [5.41, 5.74) is 6.36. The van der Waals surface area contributed by atoms with Gasteiger partial charge in [-0.15, -0.1) is 0 Å². The summed E-state index contributed by atoms with van der Waals surface area (Å²) in [7, 11) is 1.61. The molecule has 1 atom stereocenters. The van der Waals surface area contributed by atoms with E-state index >= 15 is 0 Å². The number of nitrogens with zero attached hydrogens (tertiary/aromatic N) is 1. The Morgan fingerprint density at radius 2 is 1.68 bits per heavy atom. The third-order valence-electron chi connectivity index (χ3n) is 5.74. The molecule has 2 aromatic carbocycles. The molecular formula is C27H37BrN2O4. The summed E-state index contributed by atoms with van der Waals surface area (Å²) in [4.78, 5) is 27.2. The van der Waals surface area contributed by atoms with Gasteiger partial charge in [-0.05, 0) is 72.8 Å². The van der Waals surface area contributed by atoms with E-state index in [1.807, 2.05) is 45.9 Å². The normalized spacial score (nSPS) is 12.3. The van der Waals surface area contributed by atoms with Crippen LogP contribution < -0.4 is 10.2 Å². The third-order valence-corrected chi connectivity index (χ3v) is 6.37. The van der Waals surface area contributed by atoms with E-state index in [9.17, 15) is 9.59 Å². The fraction of sp³-hybridized carbons (Fsp3) is 0.481. The number of nitrogens with one attached hydrogen (secondary N) is 1. The van der Waals surface area contributed by atoms with Gasteiger partial charge in [0.15, 0.2) is 0 Å². The number of aryl methyl sites for hydroxylation is 2. The Labute approximate surface area is 212 Å². The molecule has 2 aromatic rings. The van der Waals surface area contributed by atoms with Crippen LogP contribution in [0.1, 0.15) is 71.5 Å². The van der Waals surface area contributed by atoms with Crippen LogP contribution in [0.15, 0.2) is 34.8 Å². The van der Waals surface area contributed by atoms with Gasteiger partial charge in [0.2, 0.25) is 0 Å². The summed E-state index contributed by atoms with van der Waals surface area (Å²) in [6, 6.07) is 9.04. The average Bonchev–Trinajstić information content (AvgIpc) is 2.73. The highest BCUT2D eigenvalue weighted by Gasteiger charge is 2.34. The number of carbonyl (C=O) groups excluding carboxylic acids is 2. The van der Waals surface area contributed by atoms with Crippen LogP contribution in [0.25, 0.3) is 0 Å². The van der Waals surface area contributed by atoms with Crippen molar-refractivity contribution in [2.24, 2.45) is 5.41 Å². The first kappa shape index (κ1) is 27.9. The first-order valence-corrected chi connectivity index (χ1v) is 12.3. The molecule has 0 radical (unpaired) electrons. The molecule has 0 saturated carbocycles. The average molecular weight is 534 g/mol. The first-order valence-electron chi connectivity index (χ1n) is 11.5. The molecule has 0 spiro atoms. The second-order valence-corrected chi connectivity index (χ2v) is 10.5. The number of ether oxygens (including phenoxy) is 2. The van der Waals surface area contributed by atoms with Gasteiger partial charge in [0.1, 0.15) is 12.4 Å². The highest BCUT2D eigenvalue weighted by molar-refractivity contribution is 9.10.